The molecule has 134 valence electrons. The molecule has 0 saturated carbocycles. The van der Waals surface area contributed by atoms with Crippen molar-refractivity contribution in [1.29, 1.82) is 0 Å². The molecule has 1 fully saturated rings. The maximum absolute atomic E-state index is 12.7. The summed E-state index contributed by atoms with van der Waals surface area (Å²) in [7, 11) is 1.63. The quantitative estimate of drug-likeness (QED) is 0.743. The molecule has 5 nitrogen and oxygen atoms in total. The normalized spacial score (nSPS) is 17.5. The molecular formula is C20H21N3O2S. The van der Waals surface area contributed by atoms with E-state index in [0.717, 1.165) is 47.9 Å². The Morgan fingerprint density at radius 2 is 2.08 bits per heavy atom. The summed E-state index contributed by atoms with van der Waals surface area (Å²) < 4.78 is 6.35. The van der Waals surface area contributed by atoms with Gasteiger partial charge in [-0.3, -0.25) is 9.69 Å². The van der Waals surface area contributed by atoms with Crippen LogP contribution in [0, 0.1) is 0 Å². The largest absolute Gasteiger partial charge is 0.497 e. The predicted octanol–water partition coefficient (Wildman–Crippen LogP) is 3.91. The summed E-state index contributed by atoms with van der Waals surface area (Å²) in [4.78, 5) is 19.7. The monoisotopic (exact) mass is 367 g/mol. The first-order valence-electron chi connectivity index (χ1n) is 8.76. The number of nitrogens with one attached hydrogen (secondary N) is 1. The number of hydrogen-bond donors (Lipinski definition) is 1. The van der Waals surface area contributed by atoms with Gasteiger partial charge in [0.15, 0.2) is 0 Å². The number of rotatable bonds is 5. The first-order valence-corrected chi connectivity index (χ1v) is 9.58. The van der Waals surface area contributed by atoms with E-state index in [-0.39, 0.29) is 11.9 Å². The van der Waals surface area contributed by atoms with Gasteiger partial charge < -0.3 is 10.1 Å². The van der Waals surface area contributed by atoms with Crippen molar-refractivity contribution in [2.45, 2.75) is 25.4 Å². The Balaban J connectivity index is 1.44. The number of nitrogens with zero attached hydrogens (tertiary/aromatic N) is 2. The highest BCUT2D eigenvalue weighted by atomic mass is 32.1. The predicted molar refractivity (Wildman–Crippen MR) is 105 cm³/mol. The first kappa shape index (κ1) is 17.0. The highest BCUT2D eigenvalue weighted by Crippen LogP contribution is 2.27. The van der Waals surface area contributed by atoms with Crippen LogP contribution in [0.1, 0.15) is 17.8 Å². The van der Waals surface area contributed by atoms with E-state index < -0.39 is 0 Å². The van der Waals surface area contributed by atoms with E-state index in [2.05, 4.69) is 16.3 Å². The third kappa shape index (κ3) is 3.57. The Bertz CT molecular complexity index is 874. The van der Waals surface area contributed by atoms with E-state index in [9.17, 15) is 4.79 Å². The van der Waals surface area contributed by atoms with Gasteiger partial charge in [0.1, 0.15) is 10.8 Å². The van der Waals surface area contributed by atoms with Crippen molar-refractivity contribution in [3.63, 3.8) is 0 Å². The van der Waals surface area contributed by atoms with Gasteiger partial charge in [0.2, 0.25) is 5.91 Å². The number of fused-ring (bicyclic) bond motifs is 1. The molecule has 1 unspecified atom stereocenters. The number of para-hydroxylation sites is 1. The molecule has 2 heterocycles. The fraction of sp³-hybridized carbons (Fsp3) is 0.300. The zero-order valence-electron chi connectivity index (χ0n) is 14.6. The lowest BCUT2D eigenvalue weighted by Gasteiger charge is -2.22. The molecule has 1 aliphatic heterocycles. The SMILES string of the molecule is COc1ccc(NC(=O)C2CCCN2Cc2nc3ccccc3s2)cc1. The number of anilines is 1. The summed E-state index contributed by atoms with van der Waals surface area (Å²) in [6.07, 6.45) is 1.92. The van der Waals surface area contributed by atoms with E-state index in [0.29, 0.717) is 0 Å². The standard InChI is InChI=1S/C20H21N3O2S/c1-25-15-10-8-14(9-11-15)21-20(24)17-6-4-12-23(17)13-19-22-16-5-2-3-7-18(16)26-19/h2-3,5,7-11,17H,4,6,12-13H2,1H3,(H,21,24). The van der Waals surface area contributed by atoms with Crippen molar-refractivity contribution in [1.82, 2.24) is 9.88 Å². The number of aromatic nitrogens is 1. The molecule has 26 heavy (non-hydrogen) atoms. The molecule has 1 aliphatic rings. The fourth-order valence-electron chi connectivity index (χ4n) is 3.37. The van der Waals surface area contributed by atoms with Crippen LogP contribution < -0.4 is 10.1 Å². The van der Waals surface area contributed by atoms with Gasteiger partial charge in [-0.25, -0.2) is 4.98 Å². The van der Waals surface area contributed by atoms with Crippen LogP contribution in [0.4, 0.5) is 5.69 Å². The van der Waals surface area contributed by atoms with Crippen LogP contribution in [-0.2, 0) is 11.3 Å². The van der Waals surface area contributed by atoms with Gasteiger partial charge in [0.25, 0.3) is 0 Å². The Labute approximate surface area is 156 Å². The Morgan fingerprint density at radius 3 is 2.85 bits per heavy atom. The van der Waals surface area contributed by atoms with Gasteiger partial charge in [-0.1, -0.05) is 12.1 Å². The van der Waals surface area contributed by atoms with Crippen molar-refractivity contribution in [3.8, 4) is 5.75 Å². The molecule has 0 radical (unpaired) electrons. The molecule has 6 heteroatoms. The van der Waals surface area contributed by atoms with E-state index in [1.807, 2.05) is 42.5 Å². The topological polar surface area (TPSA) is 54.5 Å². The second-order valence-electron chi connectivity index (χ2n) is 6.42. The third-order valence-electron chi connectivity index (χ3n) is 4.70. The van der Waals surface area contributed by atoms with Crippen LogP contribution in [0.3, 0.4) is 0 Å². The van der Waals surface area contributed by atoms with E-state index in [4.69, 9.17) is 9.72 Å². The molecule has 4 rings (SSSR count). The van der Waals surface area contributed by atoms with E-state index in [1.54, 1.807) is 18.4 Å². The van der Waals surface area contributed by atoms with Crippen LogP contribution in [0.5, 0.6) is 5.75 Å². The average molecular weight is 367 g/mol. The number of carbonyl (C=O) groups excluding carboxylic acids is 1. The van der Waals surface area contributed by atoms with Crippen molar-refractivity contribution in [3.05, 3.63) is 53.5 Å². The highest BCUT2D eigenvalue weighted by molar-refractivity contribution is 7.18. The van der Waals surface area contributed by atoms with E-state index in [1.165, 1.54) is 4.70 Å². The number of hydrogen-bond acceptors (Lipinski definition) is 5. The van der Waals surface area contributed by atoms with Crippen molar-refractivity contribution < 1.29 is 9.53 Å². The molecule has 3 aromatic rings. The van der Waals surface area contributed by atoms with Crippen LogP contribution in [0.25, 0.3) is 10.2 Å². The summed E-state index contributed by atoms with van der Waals surface area (Å²) in [5, 5.41) is 4.09. The number of thiazole rings is 1. The molecule has 1 N–H and O–H groups in total. The lowest BCUT2D eigenvalue weighted by molar-refractivity contribution is -0.120. The molecular weight excluding hydrogens is 346 g/mol. The van der Waals surface area contributed by atoms with Crippen LogP contribution in [0.2, 0.25) is 0 Å². The minimum atomic E-state index is -0.107. The Kier molecular flexibility index (Phi) is 4.86. The van der Waals surface area contributed by atoms with E-state index >= 15 is 0 Å². The van der Waals surface area contributed by atoms with Gasteiger partial charge in [-0.05, 0) is 55.8 Å². The second kappa shape index (κ2) is 7.43. The number of amides is 1. The third-order valence-corrected chi connectivity index (χ3v) is 5.72. The maximum Gasteiger partial charge on any atom is 0.241 e. The first-order chi connectivity index (χ1) is 12.7. The molecule has 1 saturated heterocycles. The van der Waals surface area contributed by atoms with Gasteiger partial charge in [0, 0.05) is 5.69 Å². The molecule has 0 spiro atoms. The van der Waals surface area contributed by atoms with Gasteiger partial charge in [0.05, 0.1) is 29.9 Å². The Hall–Kier alpha value is -2.44. The number of ether oxygens (including phenoxy) is 1. The second-order valence-corrected chi connectivity index (χ2v) is 7.54. The molecule has 0 bridgehead atoms. The molecule has 1 aromatic heterocycles. The summed E-state index contributed by atoms with van der Waals surface area (Å²) in [5.74, 6) is 0.829. The van der Waals surface area contributed by atoms with Crippen molar-refractivity contribution in [2.24, 2.45) is 0 Å². The number of carbonyl (C=O) groups is 1. The average Bonchev–Trinajstić information content (AvgIpc) is 3.28. The van der Waals surface area contributed by atoms with Gasteiger partial charge >= 0.3 is 0 Å². The van der Waals surface area contributed by atoms with Crippen LogP contribution >= 0.6 is 11.3 Å². The lowest BCUT2D eigenvalue weighted by Crippen LogP contribution is -2.39. The summed E-state index contributed by atoms with van der Waals surface area (Å²) in [6.45, 7) is 1.65. The summed E-state index contributed by atoms with van der Waals surface area (Å²) in [5.41, 5.74) is 1.83. The molecule has 1 atom stereocenters. The minimum absolute atomic E-state index is 0.0498. The van der Waals surface area contributed by atoms with Crippen LogP contribution in [-0.4, -0.2) is 35.5 Å². The van der Waals surface area contributed by atoms with Crippen molar-refractivity contribution >= 4 is 33.1 Å². The zero-order valence-corrected chi connectivity index (χ0v) is 15.5. The van der Waals surface area contributed by atoms with Gasteiger partial charge in [-0.15, -0.1) is 11.3 Å². The number of methoxy groups -OCH3 is 1. The number of benzene rings is 2. The molecule has 2 aromatic carbocycles. The lowest BCUT2D eigenvalue weighted by atomic mass is 10.2. The maximum atomic E-state index is 12.7. The minimum Gasteiger partial charge on any atom is -0.497 e. The number of likely N-dealkylation sites (tertiary alicyclic amines) is 1. The smallest absolute Gasteiger partial charge is 0.241 e. The van der Waals surface area contributed by atoms with Crippen molar-refractivity contribution in [2.75, 3.05) is 19.0 Å². The summed E-state index contributed by atoms with van der Waals surface area (Å²) >= 11 is 1.71. The fourth-order valence-corrected chi connectivity index (χ4v) is 4.37. The Morgan fingerprint density at radius 1 is 1.27 bits per heavy atom. The van der Waals surface area contributed by atoms with Gasteiger partial charge in [-0.2, -0.15) is 0 Å². The zero-order chi connectivity index (χ0) is 17.9. The summed E-state index contributed by atoms with van der Waals surface area (Å²) in [6, 6.07) is 15.5. The molecule has 0 aliphatic carbocycles. The van der Waals surface area contributed by atoms with Crippen LogP contribution in [0.15, 0.2) is 48.5 Å². The molecule has 1 amide bonds. The highest BCUT2D eigenvalue weighted by Gasteiger charge is 2.31.